The molecule has 0 radical (unpaired) electrons. The van der Waals surface area contributed by atoms with Crippen LogP contribution in [-0.2, 0) is 36.7 Å². The molecular formula is C24H31N9O13P2. The first-order valence-corrected chi connectivity index (χ1v) is 17.5. The highest BCUT2D eigenvalue weighted by atomic mass is 31.2. The number of aromatic amines is 1. The Morgan fingerprint density at radius 2 is 1.52 bits per heavy atom. The molecule has 24 heteroatoms. The Hall–Kier alpha value is -3.24. The number of H-pyrrole nitrogens is 1. The zero-order valence-corrected chi connectivity index (χ0v) is 27.1. The molecule has 3 aliphatic rings. The number of nitrogen functional groups attached to an aromatic ring is 1. The number of imidazole rings is 2. The van der Waals surface area contributed by atoms with Gasteiger partial charge in [0.15, 0.2) is 40.6 Å². The van der Waals surface area contributed by atoms with Gasteiger partial charge in [0.05, 0.1) is 19.5 Å². The van der Waals surface area contributed by atoms with Crippen LogP contribution in [-0.4, -0.2) is 109 Å². The van der Waals surface area contributed by atoms with E-state index in [4.69, 9.17) is 33.3 Å². The molecule has 10 atom stereocenters. The highest BCUT2D eigenvalue weighted by Crippen LogP contribution is 2.54. The molecule has 48 heavy (non-hydrogen) atoms. The van der Waals surface area contributed by atoms with Gasteiger partial charge in [-0.3, -0.25) is 32.0 Å². The molecule has 0 aromatic carbocycles. The van der Waals surface area contributed by atoms with E-state index in [1.165, 1.54) is 22.4 Å². The number of nitrogens with two attached hydrogens (primary N) is 1. The zero-order valence-electron chi connectivity index (χ0n) is 25.3. The van der Waals surface area contributed by atoms with Gasteiger partial charge in [-0.05, 0) is 6.92 Å². The third kappa shape index (κ3) is 5.76. The maximum Gasteiger partial charge on any atom is 0.472 e. The normalized spacial score (nSPS) is 36.2. The van der Waals surface area contributed by atoms with E-state index in [1.54, 1.807) is 0 Å². The number of hydrogen-bond acceptors (Lipinski definition) is 17. The molecule has 0 spiro atoms. The van der Waals surface area contributed by atoms with Crippen molar-refractivity contribution in [3.8, 4) is 0 Å². The molecule has 3 saturated heterocycles. The first-order chi connectivity index (χ1) is 22.6. The number of aliphatic hydroxyl groups is 2. The largest absolute Gasteiger partial charge is 0.472 e. The Morgan fingerprint density at radius 1 is 0.917 bits per heavy atom. The van der Waals surface area contributed by atoms with Gasteiger partial charge < -0.3 is 40.2 Å². The molecule has 4 aromatic rings. The van der Waals surface area contributed by atoms with Crippen molar-refractivity contribution in [1.29, 1.82) is 0 Å². The van der Waals surface area contributed by atoms with E-state index in [0.29, 0.717) is 5.82 Å². The van der Waals surface area contributed by atoms with Crippen LogP contribution in [0.2, 0.25) is 0 Å². The number of aryl methyl sites for hydroxylation is 1. The lowest BCUT2D eigenvalue weighted by Gasteiger charge is -2.27. The van der Waals surface area contributed by atoms with Gasteiger partial charge in [-0.15, -0.1) is 0 Å². The fraction of sp³-hybridized carbons (Fsp3) is 0.583. The standard InChI is InChI=1S/C24H31N9O13P2/c1-8(2)19-31-12-18(25)26-6-27-20(12)33(19)24-15(35)17-11(44-24)5-42-47(37,38)45-16-10(4-41-48(39,40)46-17)43-23(14(16)34)32-7-28-13-21(32)29-9(3)30-22(13)36/h6-8,10-11,14-17,23-24,34-35H,4-5H2,1-3H3,(H,37,38)(H,39,40)(H2,25,26,27)(H,29,30,36)/t10-,11-,14-,15-,16-,17-,23-,24-/m1/s1. The van der Waals surface area contributed by atoms with Crippen molar-refractivity contribution in [2.45, 2.75) is 75.8 Å². The number of phosphoric ester groups is 2. The third-order valence-corrected chi connectivity index (χ3v) is 10.0. The van der Waals surface area contributed by atoms with E-state index >= 15 is 0 Å². The average Bonchev–Trinajstić information content (AvgIpc) is 3.75. The number of rotatable bonds is 3. The van der Waals surface area contributed by atoms with E-state index in [1.807, 2.05) is 13.8 Å². The zero-order chi connectivity index (χ0) is 34.3. The van der Waals surface area contributed by atoms with Crippen LogP contribution in [0.15, 0.2) is 17.4 Å². The van der Waals surface area contributed by atoms with Gasteiger partial charge >= 0.3 is 15.6 Å². The molecule has 7 N–H and O–H groups in total. The van der Waals surface area contributed by atoms with Crippen LogP contribution in [0.5, 0.6) is 0 Å². The number of aliphatic hydroxyl groups excluding tert-OH is 2. The van der Waals surface area contributed by atoms with E-state index in [-0.39, 0.29) is 39.9 Å². The number of ether oxygens (including phenoxy) is 2. The summed E-state index contributed by atoms with van der Waals surface area (Å²) in [6.45, 7) is 3.53. The molecule has 3 fully saturated rings. The molecule has 260 valence electrons. The third-order valence-electron chi connectivity index (χ3n) is 8.06. The van der Waals surface area contributed by atoms with Crippen LogP contribution in [0.1, 0.15) is 43.9 Å². The van der Waals surface area contributed by atoms with Gasteiger partial charge in [0.2, 0.25) is 0 Å². The number of nitrogens with one attached hydrogen (secondary N) is 1. The minimum Gasteiger partial charge on any atom is -0.386 e. The van der Waals surface area contributed by atoms with Crippen molar-refractivity contribution in [3.63, 3.8) is 0 Å². The van der Waals surface area contributed by atoms with Gasteiger partial charge in [0.25, 0.3) is 5.56 Å². The highest BCUT2D eigenvalue weighted by molar-refractivity contribution is 7.47. The minimum atomic E-state index is -5.06. The summed E-state index contributed by atoms with van der Waals surface area (Å²) in [6, 6.07) is 0. The molecule has 4 aromatic heterocycles. The van der Waals surface area contributed by atoms with Crippen molar-refractivity contribution in [2.75, 3.05) is 18.9 Å². The predicted octanol–water partition coefficient (Wildman–Crippen LogP) is -0.492. The molecule has 22 nitrogen and oxygen atoms in total. The van der Waals surface area contributed by atoms with Crippen LogP contribution < -0.4 is 11.3 Å². The maximum atomic E-state index is 13.3. The molecule has 0 aliphatic carbocycles. The van der Waals surface area contributed by atoms with Gasteiger partial charge in [-0.2, -0.15) is 0 Å². The second kappa shape index (κ2) is 12.0. The van der Waals surface area contributed by atoms with Crippen LogP contribution in [0.25, 0.3) is 22.3 Å². The lowest BCUT2D eigenvalue weighted by molar-refractivity contribution is -0.0667. The number of anilines is 1. The summed E-state index contributed by atoms with van der Waals surface area (Å²) in [5.41, 5.74) is 5.78. The van der Waals surface area contributed by atoms with E-state index in [0.717, 1.165) is 6.33 Å². The number of phosphoric acid groups is 2. The fourth-order valence-electron chi connectivity index (χ4n) is 5.94. The molecule has 0 saturated carbocycles. The SMILES string of the molecule is Cc1nc2c(ncn2[C@@H]2O[C@@H]3COP(=O)(O)O[C@H]4[C@@H](O)[C@H](n5c(C(C)C)nc6c(N)ncnc65)O[C@@H]4COP(=O)(O)O[C@H]3[C@H]2O)c(=O)[nH]1. The quantitative estimate of drug-likeness (QED) is 0.146. The van der Waals surface area contributed by atoms with Gasteiger partial charge in [-0.25, -0.2) is 34.0 Å². The summed E-state index contributed by atoms with van der Waals surface area (Å²) < 4.78 is 62.1. The van der Waals surface area contributed by atoms with Crippen molar-refractivity contribution in [3.05, 3.63) is 34.7 Å². The lowest BCUT2D eigenvalue weighted by Crippen LogP contribution is -2.39. The second-order valence-electron chi connectivity index (χ2n) is 11.7. The fourth-order valence-corrected chi connectivity index (χ4v) is 7.87. The number of nitrogens with zero attached hydrogens (tertiary/aromatic N) is 7. The lowest BCUT2D eigenvalue weighted by atomic mass is 10.1. The van der Waals surface area contributed by atoms with Crippen LogP contribution in [0.4, 0.5) is 5.82 Å². The van der Waals surface area contributed by atoms with Crippen molar-refractivity contribution < 1.29 is 56.7 Å². The smallest absolute Gasteiger partial charge is 0.386 e. The first kappa shape index (κ1) is 33.3. The Labute approximate surface area is 269 Å². The van der Waals surface area contributed by atoms with Crippen molar-refractivity contribution in [1.82, 2.24) is 39.0 Å². The van der Waals surface area contributed by atoms with E-state index in [9.17, 15) is 33.9 Å². The van der Waals surface area contributed by atoms with Crippen LogP contribution in [0, 0.1) is 6.92 Å². The molecule has 0 bridgehead atoms. The molecule has 0 amide bonds. The summed E-state index contributed by atoms with van der Waals surface area (Å²) >= 11 is 0. The summed E-state index contributed by atoms with van der Waals surface area (Å²) in [5, 5.41) is 22.7. The Balaban J connectivity index is 1.19. The van der Waals surface area contributed by atoms with Gasteiger partial charge in [0.1, 0.15) is 54.6 Å². The number of hydrogen-bond donors (Lipinski definition) is 6. The molecule has 3 aliphatic heterocycles. The van der Waals surface area contributed by atoms with Gasteiger partial charge in [0, 0.05) is 5.92 Å². The van der Waals surface area contributed by atoms with E-state index < -0.39 is 83.5 Å². The highest BCUT2D eigenvalue weighted by Gasteiger charge is 2.54. The summed E-state index contributed by atoms with van der Waals surface area (Å²) in [6.07, 6.45) is -10.1. The molecular weight excluding hydrogens is 684 g/mol. The summed E-state index contributed by atoms with van der Waals surface area (Å²) in [5.74, 6) is 0.403. The Bertz CT molecular complexity index is 2040. The maximum absolute atomic E-state index is 13.3. The predicted molar refractivity (Wildman–Crippen MR) is 158 cm³/mol. The Kier molecular flexibility index (Phi) is 8.30. The molecule has 2 unspecified atom stereocenters. The van der Waals surface area contributed by atoms with Crippen LogP contribution in [0.3, 0.4) is 0 Å². The van der Waals surface area contributed by atoms with Crippen molar-refractivity contribution >= 4 is 43.8 Å². The first-order valence-electron chi connectivity index (χ1n) is 14.5. The molecule has 7 heterocycles. The minimum absolute atomic E-state index is 0.0205. The number of fused-ring (bicyclic) bond motifs is 4. The Morgan fingerprint density at radius 3 is 2.15 bits per heavy atom. The topological polar surface area (TPSA) is 304 Å². The summed E-state index contributed by atoms with van der Waals surface area (Å²) in [4.78, 5) is 57.2. The van der Waals surface area contributed by atoms with Crippen LogP contribution >= 0.6 is 15.6 Å². The summed E-state index contributed by atoms with van der Waals surface area (Å²) in [7, 11) is -10.1. The second-order valence-corrected chi connectivity index (χ2v) is 14.5. The van der Waals surface area contributed by atoms with Gasteiger partial charge in [-0.1, -0.05) is 13.8 Å². The van der Waals surface area contributed by atoms with Crippen molar-refractivity contribution in [2.24, 2.45) is 0 Å². The molecule has 7 rings (SSSR count). The average molecular weight is 716 g/mol. The monoisotopic (exact) mass is 715 g/mol. The van der Waals surface area contributed by atoms with E-state index in [2.05, 4.69) is 29.9 Å². The number of aromatic nitrogens is 8.